The molecule has 0 aromatic heterocycles. The first-order valence-electron chi connectivity index (χ1n) is 3.05. The maximum Gasteiger partial charge on any atom is 4.00 e. The van der Waals surface area contributed by atoms with Gasteiger partial charge in [0.15, 0.2) is 0 Å². The number of hydrogen-bond donors (Lipinski definition) is 0. The standard InChI is InChI=1S/C6H14N.Zr/c1-3-5-7-6-4-2;/h3-6H2,1-2H3;/q-1;+4. The first-order valence-corrected chi connectivity index (χ1v) is 3.05. The summed E-state index contributed by atoms with van der Waals surface area (Å²) in [5.74, 6) is 0. The Morgan fingerprint density at radius 3 is 1.62 bits per heavy atom. The van der Waals surface area contributed by atoms with Gasteiger partial charge in [-0.2, -0.15) is 0 Å². The number of rotatable bonds is 4. The summed E-state index contributed by atoms with van der Waals surface area (Å²) in [4.78, 5) is 0. The molecule has 0 aliphatic carbocycles. The molecule has 0 saturated heterocycles. The average Bonchev–Trinajstić information content (AvgIpc) is 1.69. The van der Waals surface area contributed by atoms with E-state index in [2.05, 4.69) is 19.2 Å². The van der Waals surface area contributed by atoms with Gasteiger partial charge in [-0.05, 0) is 0 Å². The minimum absolute atomic E-state index is 0. The second-order valence-corrected chi connectivity index (χ2v) is 1.67. The zero-order chi connectivity index (χ0) is 5.54. The van der Waals surface area contributed by atoms with Crippen LogP contribution >= 0.6 is 0 Å². The Bertz CT molecular complexity index is 27.7. The molecule has 8 heavy (non-hydrogen) atoms. The van der Waals surface area contributed by atoms with E-state index >= 15 is 0 Å². The van der Waals surface area contributed by atoms with Gasteiger partial charge in [-0.1, -0.05) is 26.7 Å². The molecule has 0 aliphatic rings. The molecule has 0 saturated carbocycles. The third-order valence-corrected chi connectivity index (χ3v) is 0.763. The summed E-state index contributed by atoms with van der Waals surface area (Å²) < 4.78 is 0. The largest absolute Gasteiger partial charge is 4.00 e. The molecule has 0 aliphatic heterocycles. The van der Waals surface area contributed by atoms with Crippen molar-refractivity contribution < 1.29 is 26.2 Å². The van der Waals surface area contributed by atoms with E-state index in [0.29, 0.717) is 0 Å². The van der Waals surface area contributed by atoms with Crippen molar-refractivity contribution in [2.24, 2.45) is 0 Å². The molecule has 0 bridgehead atoms. The van der Waals surface area contributed by atoms with Crippen molar-refractivity contribution in [1.29, 1.82) is 0 Å². The van der Waals surface area contributed by atoms with Crippen molar-refractivity contribution >= 4 is 0 Å². The Morgan fingerprint density at radius 1 is 1.00 bits per heavy atom. The normalized spacial score (nSPS) is 8.25. The third kappa shape index (κ3) is 9.96. The molecule has 0 rings (SSSR count). The SMILES string of the molecule is CCC[N-]CCC.[Zr+4]. The van der Waals surface area contributed by atoms with Crippen LogP contribution in [-0.4, -0.2) is 13.1 Å². The van der Waals surface area contributed by atoms with Crippen LogP contribution in [0.1, 0.15) is 26.7 Å². The van der Waals surface area contributed by atoms with E-state index in [1.54, 1.807) is 0 Å². The van der Waals surface area contributed by atoms with E-state index in [0.717, 1.165) is 13.1 Å². The molecule has 2 heteroatoms. The molecule has 0 aromatic carbocycles. The first-order chi connectivity index (χ1) is 3.41. The van der Waals surface area contributed by atoms with Crippen LogP contribution in [-0.2, 0) is 26.2 Å². The number of nitrogens with zero attached hydrogens (tertiary/aromatic N) is 1. The summed E-state index contributed by atoms with van der Waals surface area (Å²) in [6.07, 6.45) is 2.39. The summed E-state index contributed by atoms with van der Waals surface area (Å²) in [7, 11) is 0. The first kappa shape index (κ1) is 11.6. The minimum atomic E-state index is 0. The molecule has 0 aromatic rings. The van der Waals surface area contributed by atoms with Gasteiger partial charge in [-0.25, -0.2) is 0 Å². The second kappa shape index (κ2) is 10.8. The summed E-state index contributed by atoms with van der Waals surface area (Å²) in [5.41, 5.74) is 0. The van der Waals surface area contributed by atoms with Gasteiger partial charge >= 0.3 is 26.2 Å². The Labute approximate surface area is 71.4 Å². The van der Waals surface area contributed by atoms with E-state index in [9.17, 15) is 0 Å². The Kier molecular flexibility index (Phi) is 15.6. The summed E-state index contributed by atoms with van der Waals surface area (Å²) in [6, 6.07) is 0. The molecule has 1 nitrogen and oxygen atoms in total. The minimum Gasteiger partial charge on any atom is -0.662 e. The van der Waals surface area contributed by atoms with Crippen LogP contribution in [0.4, 0.5) is 0 Å². The van der Waals surface area contributed by atoms with Gasteiger partial charge in [0.05, 0.1) is 0 Å². The fraction of sp³-hybridized carbons (Fsp3) is 1.00. The van der Waals surface area contributed by atoms with Crippen LogP contribution in [0.25, 0.3) is 5.32 Å². The Hall–Kier alpha value is 0.843. The van der Waals surface area contributed by atoms with Gasteiger partial charge < -0.3 is 5.32 Å². The van der Waals surface area contributed by atoms with E-state index < -0.39 is 0 Å². The molecular formula is C6H14NZr+3. The molecule has 0 atom stereocenters. The Morgan fingerprint density at radius 2 is 1.38 bits per heavy atom. The van der Waals surface area contributed by atoms with Crippen molar-refractivity contribution in [3.63, 3.8) is 0 Å². The fourth-order valence-corrected chi connectivity index (χ4v) is 0.428. The van der Waals surface area contributed by atoms with Crippen LogP contribution in [0.3, 0.4) is 0 Å². The van der Waals surface area contributed by atoms with Crippen LogP contribution in [0.2, 0.25) is 0 Å². The van der Waals surface area contributed by atoms with Gasteiger partial charge in [-0.15, -0.1) is 13.1 Å². The van der Waals surface area contributed by atoms with E-state index in [4.69, 9.17) is 0 Å². The Balaban J connectivity index is 0. The van der Waals surface area contributed by atoms with Crippen LogP contribution in [0, 0.1) is 0 Å². The van der Waals surface area contributed by atoms with Gasteiger partial charge in [0.25, 0.3) is 0 Å². The monoisotopic (exact) mass is 190 g/mol. The second-order valence-electron chi connectivity index (χ2n) is 1.67. The van der Waals surface area contributed by atoms with E-state index in [1.807, 2.05) is 0 Å². The predicted molar refractivity (Wildman–Crippen MR) is 33.7 cm³/mol. The maximum atomic E-state index is 4.21. The summed E-state index contributed by atoms with van der Waals surface area (Å²) in [5, 5.41) is 4.21. The van der Waals surface area contributed by atoms with Crippen molar-refractivity contribution in [3.05, 3.63) is 5.32 Å². The molecule has 0 amide bonds. The molecular weight excluding hydrogens is 177 g/mol. The fourth-order valence-electron chi connectivity index (χ4n) is 0.428. The van der Waals surface area contributed by atoms with Crippen molar-refractivity contribution in [1.82, 2.24) is 0 Å². The zero-order valence-corrected chi connectivity index (χ0v) is 8.23. The quantitative estimate of drug-likeness (QED) is 0.605. The van der Waals surface area contributed by atoms with E-state index in [-0.39, 0.29) is 26.2 Å². The van der Waals surface area contributed by atoms with Crippen LogP contribution in [0.15, 0.2) is 0 Å². The molecule has 0 N–H and O–H groups in total. The number of hydrogen-bond acceptors (Lipinski definition) is 0. The molecule has 0 heterocycles. The topological polar surface area (TPSA) is 14.1 Å². The van der Waals surface area contributed by atoms with Crippen molar-refractivity contribution in [2.75, 3.05) is 13.1 Å². The zero-order valence-electron chi connectivity index (χ0n) is 5.78. The van der Waals surface area contributed by atoms with Crippen molar-refractivity contribution in [2.45, 2.75) is 26.7 Å². The smallest absolute Gasteiger partial charge is 0.662 e. The van der Waals surface area contributed by atoms with Gasteiger partial charge in [0.2, 0.25) is 0 Å². The average molecular weight is 191 g/mol. The molecule has 0 unspecified atom stereocenters. The molecule has 44 valence electrons. The molecule has 0 radical (unpaired) electrons. The predicted octanol–water partition coefficient (Wildman–Crippen LogP) is 2.18. The molecule has 0 spiro atoms. The summed E-state index contributed by atoms with van der Waals surface area (Å²) >= 11 is 0. The van der Waals surface area contributed by atoms with Gasteiger partial charge in [-0.3, -0.25) is 0 Å². The van der Waals surface area contributed by atoms with Crippen molar-refractivity contribution in [3.8, 4) is 0 Å². The third-order valence-electron chi connectivity index (χ3n) is 0.763. The van der Waals surface area contributed by atoms with Crippen LogP contribution in [0.5, 0.6) is 0 Å². The maximum absolute atomic E-state index is 4.21. The van der Waals surface area contributed by atoms with E-state index in [1.165, 1.54) is 12.8 Å². The van der Waals surface area contributed by atoms with Gasteiger partial charge in [0.1, 0.15) is 0 Å². The van der Waals surface area contributed by atoms with Gasteiger partial charge in [0, 0.05) is 0 Å². The summed E-state index contributed by atoms with van der Waals surface area (Å²) in [6.45, 7) is 6.40. The van der Waals surface area contributed by atoms with Crippen LogP contribution < -0.4 is 0 Å². The molecule has 0 fully saturated rings.